The van der Waals surface area contributed by atoms with Crippen LogP contribution >= 0.6 is 0 Å². The lowest BCUT2D eigenvalue weighted by atomic mass is 9.86. The van der Waals surface area contributed by atoms with Crippen LogP contribution in [0.1, 0.15) is 66.2 Å². The molecule has 2 saturated carbocycles. The third kappa shape index (κ3) is 5.88. The SMILES string of the molecule is CC(=O)OCCCC1CC2CCC1C2.CC(C)C. The minimum absolute atomic E-state index is 0.141. The molecular formula is C16H30O2. The molecule has 0 radical (unpaired) electrons. The molecule has 0 amide bonds. The normalized spacial score (nSPS) is 29.1. The Morgan fingerprint density at radius 2 is 1.89 bits per heavy atom. The monoisotopic (exact) mass is 254 g/mol. The Morgan fingerprint density at radius 3 is 2.33 bits per heavy atom. The largest absolute Gasteiger partial charge is 0.466 e. The zero-order chi connectivity index (χ0) is 13.5. The van der Waals surface area contributed by atoms with Crippen molar-refractivity contribution in [2.75, 3.05) is 6.61 Å². The summed E-state index contributed by atoms with van der Waals surface area (Å²) in [6.45, 7) is 8.61. The number of carbonyl (C=O) groups excluding carboxylic acids is 1. The molecule has 2 nitrogen and oxygen atoms in total. The van der Waals surface area contributed by atoms with Crippen molar-refractivity contribution >= 4 is 5.97 Å². The number of esters is 1. The van der Waals surface area contributed by atoms with Gasteiger partial charge in [-0.15, -0.1) is 0 Å². The van der Waals surface area contributed by atoms with Gasteiger partial charge in [0.15, 0.2) is 0 Å². The fourth-order valence-electron chi connectivity index (χ4n) is 3.29. The van der Waals surface area contributed by atoms with Gasteiger partial charge >= 0.3 is 5.97 Å². The Balaban J connectivity index is 0.000000357. The van der Waals surface area contributed by atoms with Crippen LogP contribution in [-0.4, -0.2) is 12.6 Å². The van der Waals surface area contributed by atoms with Crippen LogP contribution in [0.3, 0.4) is 0 Å². The third-order valence-corrected chi connectivity index (χ3v) is 3.91. The van der Waals surface area contributed by atoms with E-state index in [-0.39, 0.29) is 5.97 Å². The molecule has 0 aromatic rings. The summed E-state index contributed by atoms with van der Waals surface area (Å²) in [5.74, 6) is 3.69. The van der Waals surface area contributed by atoms with Crippen LogP contribution in [0.25, 0.3) is 0 Å². The molecule has 2 fully saturated rings. The van der Waals surface area contributed by atoms with E-state index in [1.807, 2.05) is 0 Å². The first-order valence-corrected chi connectivity index (χ1v) is 7.62. The highest BCUT2D eigenvalue weighted by molar-refractivity contribution is 5.65. The van der Waals surface area contributed by atoms with Gasteiger partial charge in [-0.25, -0.2) is 0 Å². The summed E-state index contributed by atoms with van der Waals surface area (Å²) in [5, 5.41) is 0. The zero-order valence-electron chi connectivity index (χ0n) is 12.6. The second-order valence-corrected chi connectivity index (χ2v) is 6.65. The molecule has 0 aromatic carbocycles. The summed E-state index contributed by atoms with van der Waals surface area (Å²) in [7, 11) is 0. The number of fused-ring (bicyclic) bond motifs is 2. The maximum absolute atomic E-state index is 10.5. The van der Waals surface area contributed by atoms with Crippen LogP contribution in [0, 0.1) is 23.7 Å². The van der Waals surface area contributed by atoms with E-state index in [4.69, 9.17) is 4.74 Å². The van der Waals surface area contributed by atoms with Gasteiger partial charge < -0.3 is 4.74 Å². The van der Waals surface area contributed by atoms with E-state index in [1.54, 1.807) is 0 Å². The Labute approximate surface area is 112 Å². The van der Waals surface area contributed by atoms with E-state index in [2.05, 4.69) is 20.8 Å². The van der Waals surface area contributed by atoms with Crippen molar-refractivity contribution in [3.8, 4) is 0 Å². The van der Waals surface area contributed by atoms with E-state index in [9.17, 15) is 4.79 Å². The quantitative estimate of drug-likeness (QED) is 0.548. The smallest absolute Gasteiger partial charge is 0.302 e. The van der Waals surface area contributed by atoms with Crippen molar-refractivity contribution in [3.63, 3.8) is 0 Å². The third-order valence-electron chi connectivity index (χ3n) is 3.91. The molecule has 18 heavy (non-hydrogen) atoms. The molecule has 0 aromatic heterocycles. The first-order chi connectivity index (χ1) is 8.49. The van der Waals surface area contributed by atoms with Gasteiger partial charge in [-0.05, 0) is 55.8 Å². The van der Waals surface area contributed by atoms with E-state index >= 15 is 0 Å². The van der Waals surface area contributed by atoms with Crippen molar-refractivity contribution < 1.29 is 9.53 Å². The minimum atomic E-state index is -0.141. The van der Waals surface area contributed by atoms with Crippen molar-refractivity contribution in [1.29, 1.82) is 0 Å². The van der Waals surface area contributed by atoms with Crippen molar-refractivity contribution in [2.24, 2.45) is 23.7 Å². The van der Waals surface area contributed by atoms with Gasteiger partial charge in [0.05, 0.1) is 6.61 Å². The highest BCUT2D eigenvalue weighted by atomic mass is 16.5. The fourth-order valence-corrected chi connectivity index (χ4v) is 3.29. The van der Waals surface area contributed by atoms with Crippen LogP contribution in [0.2, 0.25) is 0 Å². The molecule has 0 saturated heterocycles. The van der Waals surface area contributed by atoms with Crippen LogP contribution in [0.5, 0.6) is 0 Å². The molecule has 0 heterocycles. The predicted molar refractivity (Wildman–Crippen MR) is 75.3 cm³/mol. The van der Waals surface area contributed by atoms with Crippen molar-refractivity contribution in [1.82, 2.24) is 0 Å². The summed E-state index contributed by atoms with van der Waals surface area (Å²) < 4.78 is 4.94. The minimum Gasteiger partial charge on any atom is -0.466 e. The van der Waals surface area contributed by atoms with Crippen LogP contribution < -0.4 is 0 Å². The first kappa shape index (κ1) is 15.5. The second-order valence-electron chi connectivity index (χ2n) is 6.65. The zero-order valence-corrected chi connectivity index (χ0v) is 12.6. The molecule has 2 aliphatic carbocycles. The number of hydrogen-bond donors (Lipinski definition) is 0. The van der Waals surface area contributed by atoms with Crippen molar-refractivity contribution in [3.05, 3.63) is 0 Å². The Bertz CT molecular complexity index is 245. The van der Waals surface area contributed by atoms with Gasteiger partial charge in [0.25, 0.3) is 0 Å². The molecule has 0 N–H and O–H groups in total. The maximum Gasteiger partial charge on any atom is 0.302 e. The molecule has 2 aliphatic rings. The van der Waals surface area contributed by atoms with Gasteiger partial charge in [-0.1, -0.05) is 27.2 Å². The molecule has 0 spiro atoms. The average Bonchev–Trinajstić information content (AvgIpc) is 2.84. The molecule has 2 heteroatoms. The lowest BCUT2D eigenvalue weighted by Crippen LogP contribution is -2.11. The van der Waals surface area contributed by atoms with E-state index in [1.165, 1.54) is 39.0 Å². The number of rotatable bonds is 4. The Hall–Kier alpha value is -0.530. The number of ether oxygens (including phenoxy) is 1. The second kappa shape index (κ2) is 7.81. The van der Waals surface area contributed by atoms with E-state index < -0.39 is 0 Å². The highest BCUT2D eigenvalue weighted by Crippen LogP contribution is 2.49. The number of carbonyl (C=O) groups is 1. The molecular weight excluding hydrogens is 224 g/mol. The molecule has 2 rings (SSSR count). The van der Waals surface area contributed by atoms with Gasteiger partial charge in [0, 0.05) is 6.92 Å². The lowest BCUT2D eigenvalue weighted by molar-refractivity contribution is -0.141. The van der Waals surface area contributed by atoms with Gasteiger partial charge in [-0.2, -0.15) is 0 Å². The predicted octanol–water partition coefficient (Wildman–Crippen LogP) is 4.43. The van der Waals surface area contributed by atoms with Crippen LogP contribution in [0.4, 0.5) is 0 Å². The summed E-state index contributed by atoms with van der Waals surface area (Å²) in [6, 6.07) is 0. The topological polar surface area (TPSA) is 26.3 Å². The molecule has 0 aliphatic heterocycles. The van der Waals surface area contributed by atoms with Gasteiger partial charge in [0.1, 0.15) is 0 Å². The Morgan fingerprint density at radius 1 is 1.22 bits per heavy atom. The summed E-state index contributed by atoms with van der Waals surface area (Å²) >= 11 is 0. The molecule has 2 bridgehead atoms. The van der Waals surface area contributed by atoms with Crippen LogP contribution in [-0.2, 0) is 9.53 Å². The van der Waals surface area contributed by atoms with Gasteiger partial charge in [0.2, 0.25) is 0 Å². The first-order valence-electron chi connectivity index (χ1n) is 7.62. The fraction of sp³-hybridized carbons (Fsp3) is 0.938. The lowest BCUT2D eigenvalue weighted by Gasteiger charge is -2.21. The highest BCUT2D eigenvalue weighted by Gasteiger charge is 2.38. The van der Waals surface area contributed by atoms with E-state index in [0.29, 0.717) is 6.61 Å². The summed E-state index contributed by atoms with van der Waals surface area (Å²) in [5.41, 5.74) is 0. The Kier molecular flexibility index (Phi) is 6.73. The average molecular weight is 254 g/mol. The van der Waals surface area contributed by atoms with Crippen LogP contribution in [0.15, 0.2) is 0 Å². The van der Waals surface area contributed by atoms with Crippen molar-refractivity contribution in [2.45, 2.75) is 66.2 Å². The maximum atomic E-state index is 10.5. The van der Waals surface area contributed by atoms with E-state index in [0.717, 1.165) is 30.1 Å². The molecule has 3 unspecified atom stereocenters. The standard InChI is InChI=1S/C12H20O2.C4H10/c1-9(13)14-6-2-3-11-7-10-4-5-12(11)8-10;1-4(2)3/h10-12H,2-8H2,1H3;4H,1-3H3. The molecule has 3 atom stereocenters. The summed E-state index contributed by atoms with van der Waals surface area (Å²) in [4.78, 5) is 10.5. The van der Waals surface area contributed by atoms with Gasteiger partial charge in [-0.3, -0.25) is 4.79 Å². The number of hydrogen-bond acceptors (Lipinski definition) is 2. The summed E-state index contributed by atoms with van der Waals surface area (Å²) in [6.07, 6.45) is 8.21. The molecule has 106 valence electrons.